The second-order valence-electron chi connectivity index (χ2n) is 17.5. The largest absolute Gasteiger partial charge is 0.366 e. The Bertz CT molecular complexity index is 1280. The van der Waals surface area contributed by atoms with Gasteiger partial charge in [0.05, 0.1) is 0 Å². The van der Waals surface area contributed by atoms with E-state index in [4.69, 9.17) is 0 Å². The van der Waals surface area contributed by atoms with Crippen LogP contribution in [0.15, 0.2) is 29.2 Å². The second kappa shape index (κ2) is 11.0. The Hall–Kier alpha value is -0.626. The number of fused-ring (bicyclic) bond motifs is 5. The van der Waals surface area contributed by atoms with Crippen LogP contribution in [-0.4, -0.2) is 59.9 Å². The molecule has 2 atom stereocenters. The number of para-hydroxylation sites is 1. The third-order valence-corrected chi connectivity index (χ3v) is 25.3. The van der Waals surface area contributed by atoms with Gasteiger partial charge >= 0.3 is 0 Å². The molecular formula is C36H63N4PSi2. The summed E-state index contributed by atoms with van der Waals surface area (Å²) in [7, 11) is -3.26. The van der Waals surface area contributed by atoms with Gasteiger partial charge in [-0.05, 0) is 136 Å². The number of hydrogen-bond acceptors (Lipinski definition) is 4. The van der Waals surface area contributed by atoms with Gasteiger partial charge in [0.1, 0.15) is 0 Å². The average Bonchev–Trinajstić information content (AvgIpc) is 3.44. The van der Waals surface area contributed by atoms with Crippen molar-refractivity contribution in [3.05, 3.63) is 40.3 Å². The molecule has 1 aromatic carbocycles. The molecule has 1 aromatic rings. The van der Waals surface area contributed by atoms with Gasteiger partial charge in [-0.25, -0.2) is 0 Å². The molecule has 2 aliphatic heterocycles. The highest BCUT2D eigenvalue weighted by Crippen LogP contribution is 2.83. The molecule has 2 aliphatic carbocycles. The Labute approximate surface area is 269 Å². The Morgan fingerprint density at radius 1 is 0.791 bits per heavy atom. The van der Waals surface area contributed by atoms with Gasteiger partial charge in [0.15, 0.2) is 0 Å². The molecule has 1 saturated carbocycles. The zero-order chi connectivity index (χ0) is 32.2. The van der Waals surface area contributed by atoms with Gasteiger partial charge in [-0.15, -0.1) is 0 Å². The third kappa shape index (κ3) is 4.90. The smallest absolute Gasteiger partial charge is 0.242 e. The van der Waals surface area contributed by atoms with Crippen LogP contribution in [0, 0.1) is 11.8 Å². The maximum atomic E-state index is 3.21. The van der Waals surface area contributed by atoms with Crippen molar-refractivity contribution >= 4 is 36.0 Å². The topological polar surface area (TPSA) is 13.0 Å². The van der Waals surface area contributed by atoms with Crippen molar-refractivity contribution in [1.82, 2.24) is 13.6 Å². The molecular weight excluding hydrogens is 576 g/mol. The van der Waals surface area contributed by atoms with E-state index in [1.807, 2.05) is 5.31 Å². The molecule has 240 valence electrons. The lowest BCUT2D eigenvalue weighted by atomic mass is 9.92. The predicted molar refractivity (Wildman–Crippen MR) is 195 cm³/mol. The molecule has 43 heavy (non-hydrogen) atoms. The van der Waals surface area contributed by atoms with Crippen LogP contribution >= 0.6 is 7.19 Å². The van der Waals surface area contributed by atoms with Crippen molar-refractivity contribution in [2.24, 2.45) is 11.8 Å². The van der Waals surface area contributed by atoms with E-state index in [1.165, 1.54) is 30.4 Å². The molecule has 1 saturated heterocycles. The van der Waals surface area contributed by atoms with Crippen LogP contribution in [0.2, 0.25) is 13.1 Å². The average molecular weight is 639 g/mol. The van der Waals surface area contributed by atoms with E-state index in [0.717, 1.165) is 0 Å². The van der Waals surface area contributed by atoms with Crippen molar-refractivity contribution in [2.45, 2.75) is 164 Å². The molecule has 2 heterocycles. The number of benzene rings is 1. The zero-order valence-electron chi connectivity index (χ0n) is 30.6. The van der Waals surface area contributed by atoms with Crippen LogP contribution in [0.4, 0.5) is 5.69 Å². The van der Waals surface area contributed by atoms with E-state index in [2.05, 4.69) is 146 Å². The fourth-order valence-corrected chi connectivity index (χ4v) is 30.0. The van der Waals surface area contributed by atoms with Gasteiger partial charge in [-0.1, -0.05) is 45.9 Å². The van der Waals surface area contributed by atoms with E-state index in [-0.39, 0.29) is 11.1 Å². The van der Waals surface area contributed by atoms with Crippen LogP contribution in [0.25, 0.3) is 0 Å². The van der Waals surface area contributed by atoms with Crippen LogP contribution in [-0.2, 0) is 0 Å². The number of nitrogens with zero attached hydrogens (tertiary/aromatic N) is 4. The first kappa shape index (κ1) is 33.7. The fraction of sp³-hybridized carbons (Fsp3) is 0.750. The number of rotatable bonds is 6. The van der Waals surface area contributed by atoms with Gasteiger partial charge in [0.2, 0.25) is 18.1 Å². The summed E-state index contributed by atoms with van der Waals surface area (Å²) in [6, 6.07) is 8.12. The number of anilines is 1. The van der Waals surface area contributed by atoms with Gasteiger partial charge in [0.25, 0.3) is 0 Å². The minimum atomic E-state index is -1.98. The third-order valence-electron chi connectivity index (χ3n) is 10.4. The lowest BCUT2D eigenvalue weighted by Crippen LogP contribution is -2.80. The number of hydrogen-bond donors (Lipinski definition) is 0. The summed E-state index contributed by atoms with van der Waals surface area (Å²) in [5.74, 6) is 2.40. The lowest BCUT2D eigenvalue weighted by molar-refractivity contribution is 0.234. The highest BCUT2D eigenvalue weighted by Gasteiger charge is 2.71. The molecule has 5 rings (SSSR count). The molecule has 4 aliphatic rings. The summed E-state index contributed by atoms with van der Waals surface area (Å²) in [5.41, 5.74) is 6.61. The molecule has 0 aromatic heterocycles. The van der Waals surface area contributed by atoms with Crippen molar-refractivity contribution in [3.8, 4) is 0 Å². The second-order valence-corrected chi connectivity index (χ2v) is 26.6. The van der Waals surface area contributed by atoms with E-state index < -0.39 is 15.6 Å². The van der Waals surface area contributed by atoms with Crippen LogP contribution in [0.5, 0.6) is 0 Å². The first-order valence-corrected chi connectivity index (χ1v) is 22.8. The summed E-state index contributed by atoms with van der Waals surface area (Å²) < 4.78 is 9.38. The molecule has 7 heteroatoms. The standard InChI is InChI=1S/C36H63N4PSi2/c1-23(2)29-18-17-19-30(24(3)4)32(29)38-31-27-20-21-28(22-27)33(31)41(34(42-38)37(25(5)6)26(7)8)39(35(9,10)11)43(15,16)40(41)36(12,13)14/h17-19,23-28H,20-22H2,1-16H3. The Kier molecular flexibility index (Phi) is 8.61. The molecule has 2 unspecified atom stereocenters. The summed E-state index contributed by atoms with van der Waals surface area (Å²) in [5, 5.41) is 3.67. The van der Waals surface area contributed by atoms with Crippen LogP contribution in [0.1, 0.15) is 139 Å². The molecule has 0 N–H and O–H groups in total. The highest BCUT2D eigenvalue weighted by atomic mass is 31.2. The van der Waals surface area contributed by atoms with Gasteiger partial charge < -0.3 is 4.57 Å². The molecule has 4 nitrogen and oxygen atoms in total. The van der Waals surface area contributed by atoms with Crippen molar-refractivity contribution in [2.75, 3.05) is 4.57 Å². The summed E-state index contributed by atoms with van der Waals surface area (Å²) in [6.45, 7) is 40.0. The zero-order valence-corrected chi connectivity index (χ0v) is 33.4. The molecule has 2 radical (unpaired) electrons. The summed E-state index contributed by atoms with van der Waals surface area (Å²) >= 11 is 0. The minimum Gasteiger partial charge on any atom is -0.366 e. The van der Waals surface area contributed by atoms with Gasteiger partial charge in [0, 0.05) is 52.1 Å². The molecule has 2 fully saturated rings. The van der Waals surface area contributed by atoms with Crippen molar-refractivity contribution in [1.29, 1.82) is 0 Å². The fourth-order valence-electron chi connectivity index (χ4n) is 9.97. The molecule has 1 spiro atoms. The van der Waals surface area contributed by atoms with E-state index >= 15 is 0 Å². The first-order valence-electron chi connectivity index (χ1n) is 17.3. The van der Waals surface area contributed by atoms with Crippen molar-refractivity contribution in [3.63, 3.8) is 0 Å². The Morgan fingerprint density at radius 2 is 1.26 bits per heavy atom. The summed E-state index contributed by atoms with van der Waals surface area (Å²) in [6.07, 6.45) is 4.10. The van der Waals surface area contributed by atoms with E-state index in [0.29, 0.717) is 45.4 Å². The monoisotopic (exact) mass is 638 g/mol. The van der Waals surface area contributed by atoms with Gasteiger partial charge in [-0.2, -0.15) is 0 Å². The lowest BCUT2D eigenvalue weighted by Gasteiger charge is -2.77. The van der Waals surface area contributed by atoms with Crippen molar-refractivity contribution < 1.29 is 0 Å². The highest BCUT2D eigenvalue weighted by molar-refractivity contribution is 7.85. The maximum Gasteiger partial charge on any atom is 0.242 e. The maximum absolute atomic E-state index is 3.21. The normalized spacial score (nSPS) is 25.9. The Morgan fingerprint density at radius 3 is 1.67 bits per heavy atom. The predicted octanol–water partition coefficient (Wildman–Crippen LogP) is 9.98. The Balaban J connectivity index is 1.98. The first-order chi connectivity index (χ1) is 19.7. The quantitative estimate of drug-likeness (QED) is 0.227. The summed E-state index contributed by atoms with van der Waals surface area (Å²) in [4.78, 5) is 2.91. The molecule has 0 amide bonds. The van der Waals surface area contributed by atoms with E-state index in [9.17, 15) is 0 Å². The minimum absolute atomic E-state index is 0.113. The molecule has 2 bridgehead atoms. The SMILES string of the molecule is CC(C)c1cccc(C(C)C)c1N1[Si]C(N(C(C)C)C(C)C)=P2(C3=C1C1CCC3C1)N(C(C)(C)C)[Si](C)(C)N2C(C)(C)C. The van der Waals surface area contributed by atoms with Crippen LogP contribution < -0.4 is 4.57 Å². The van der Waals surface area contributed by atoms with Crippen LogP contribution in [0.3, 0.4) is 0 Å². The number of allylic oxidation sites excluding steroid dienone is 2. The van der Waals surface area contributed by atoms with Gasteiger partial charge in [-0.3, -0.25) is 13.6 Å². The van der Waals surface area contributed by atoms with E-state index in [1.54, 1.807) is 16.4 Å².